The molecule has 84 valence electrons. The zero-order chi connectivity index (χ0) is 11.6. The monoisotopic (exact) mass is 273 g/mol. The largest absolute Gasteiger partial charge is 0.330 e. The Morgan fingerprint density at radius 1 is 1.13 bits per heavy atom. The van der Waals surface area contributed by atoms with Crippen LogP contribution in [0.2, 0.25) is 15.1 Å². The fourth-order valence-electron chi connectivity index (χ4n) is 1.20. The van der Waals surface area contributed by atoms with Crippen LogP contribution in [-0.4, -0.2) is 6.54 Å². The van der Waals surface area contributed by atoms with E-state index in [1.165, 1.54) is 12.1 Å². The first-order chi connectivity index (χ1) is 6.88. The van der Waals surface area contributed by atoms with Crippen LogP contribution in [0.15, 0.2) is 12.1 Å². The van der Waals surface area contributed by atoms with E-state index in [2.05, 4.69) is 0 Å². The number of hydrogen-bond acceptors (Lipinski definition) is 1. The summed E-state index contributed by atoms with van der Waals surface area (Å²) in [5, 5.41) is -0.0748. The molecule has 15 heavy (non-hydrogen) atoms. The lowest BCUT2D eigenvalue weighted by molar-refractivity contribution is -0.0104. The number of alkyl halides is 2. The average molecular weight is 275 g/mol. The fraction of sp³-hybridized carbons (Fsp3) is 0.333. The van der Waals surface area contributed by atoms with E-state index >= 15 is 0 Å². The van der Waals surface area contributed by atoms with Gasteiger partial charge in [-0.05, 0) is 18.7 Å². The minimum Gasteiger partial charge on any atom is -0.330 e. The second-order valence-corrected chi connectivity index (χ2v) is 4.24. The summed E-state index contributed by atoms with van der Waals surface area (Å²) in [4.78, 5) is 0. The van der Waals surface area contributed by atoms with Crippen molar-refractivity contribution >= 4 is 34.8 Å². The van der Waals surface area contributed by atoms with Gasteiger partial charge in [-0.25, -0.2) is 8.78 Å². The molecule has 0 unspecified atom stereocenters. The summed E-state index contributed by atoms with van der Waals surface area (Å²) >= 11 is 16.9. The molecule has 0 atom stereocenters. The first-order valence-electron chi connectivity index (χ1n) is 4.11. The second kappa shape index (κ2) is 4.83. The van der Waals surface area contributed by atoms with Gasteiger partial charge in [-0.15, -0.1) is 0 Å². The van der Waals surface area contributed by atoms with Gasteiger partial charge < -0.3 is 5.73 Å². The van der Waals surface area contributed by atoms with Gasteiger partial charge in [0, 0.05) is 11.4 Å². The Kier molecular flexibility index (Phi) is 4.18. The summed E-state index contributed by atoms with van der Waals surface area (Å²) in [6.45, 7) is -0.151. The normalized spacial score (nSPS) is 11.9. The molecule has 6 heteroatoms. The summed E-state index contributed by atoms with van der Waals surface area (Å²) in [5.41, 5.74) is 4.67. The van der Waals surface area contributed by atoms with Gasteiger partial charge in [0.25, 0.3) is 5.92 Å². The molecular formula is C9H8Cl3F2N. The molecule has 0 saturated carbocycles. The maximum absolute atomic E-state index is 13.5. The van der Waals surface area contributed by atoms with Crippen molar-refractivity contribution in [2.75, 3.05) is 6.54 Å². The molecule has 0 bridgehead atoms. The molecule has 1 nitrogen and oxygen atoms in total. The number of hydrogen-bond donors (Lipinski definition) is 1. The summed E-state index contributed by atoms with van der Waals surface area (Å²) in [5.74, 6) is -3.13. The van der Waals surface area contributed by atoms with E-state index in [-0.39, 0.29) is 21.6 Å². The van der Waals surface area contributed by atoms with Crippen LogP contribution in [0.5, 0.6) is 0 Å². The Labute approximate surface area is 101 Å². The van der Waals surface area contributed by atoms with Crippen molar-refractivity contribution in [3.8, 4) is 0 Å². The van der Waals surface area contributed by atoms with Gasteiger partial charge in [0.2, 0.25) is 0 Å². The SMILES string of the molecule is NCCC(F)(F)c1c(Cl)cc(Cl)cc1Cl. The van der Waals surface area contributed by atoms with E-state index in [4.69, 9.17) is 40.5 Å². The van der Waals surface area contributed by atoms with Crippen LogP contribution in [0.3, 0.4) is 0 Å². The van der Waals surface area contributed by atoms with Crippen molar-refractivity contribution in [2.45, 2.75) is 12.3 Å². The van der Waals surface area contributed by atoms with E-state index < -0.39 is 17.9 Å². The highest BCUT2D eigenvalue weighted by Crippen LogP contribution is 2.41. The Hall–Kier alpha value is -0.0900. The average Bonchev–Trinajstić information content (AvgIpc) is 1.99. The van der Waals surface area contributed by atoms with Crippen LogP contribution in [0.1, 0.15) is 12.0 Å². The molecule has 0 aliphatic heterocycles. The fourth-order valence-corrected chi connectivity index (χ4v) is 2.29. The summed E-state index contributed by atoms with van der Waals surface area (Å²) in [6.07, 6.45) is -0.506. The predicted octanol–water partition coefficient (Wildman–Crippen LogP) is 4.09. The lowest BCUT2D eigenvalue weighted by Crippen LogP contribution is -2.19. The second-order valence-electron chi connectivity index (χ2n) is 2.99. The predicted molar refractivity (Wildman–Crippen MR) is 59.0 cm³/mol. The Balaban J connectivity index is 3.24. The zero-order valence-electron chi connectivity index (χ0n) is 7.54. The van der Waals surface area contributed by atoms with E-state index in [1.54, 1.807) is 0 Å². The molecule has 1 rings (SSSR count). The van der Waals surface area contributed by atoms with Gasteiger partial charge >= 0.3 is 0 Å². The van der Waals surface area contributed by atoms with Gasteiger partial charge in [0.05, 0.1) is 15.6 Å². The van der Waals surface area contributed by atoms with Crippen LogP contribution in [0.4, 0.5) is 8.78 Å². The molecule has 0 aliphatic carbocycles. The van der Waals surface area contributed by atoms with Gasteiger partial charge in [0.1, 0.15) is 0 Å². The van der Waals surface area contributed by atoms with Crippen LogP contribution in [0.25, 0.3) is 0 Å². The smallest absolute Gasteiger partial charge is 0.277 e. The third-order valence-corrected chi connectivity index (χ3v) is 2.65. The number of benzene rings is 1. The van der Waals surface area contributed by atoms with E-state index in [1.807, 2.05) is 0 Å². The van der Waals surface area contributed by atoms with Crippen LogP contribution in [0, 0.1) is 0 Å². The molecule has 0 amide bonds. The molecule has 2 N–H and O–H groups in total. The third kappa shape index (κ3) is 2.94. The highest BCUT2D eigenvalue weighted by molar-refractivity contribution is 6.39. The molecule has 0 aromatic heterocycles. The van der Waals surface area contributed by atoms with Gasteiger partial charge in [0.15, 0.2) is 0 Å². The van der Waals surface area contributed by atoms with E-state index in [0.717, 1.165) is 0 Å². The maximum Gasteiger partial charge on any atom is 0.277 e. The topological polar surface area (TPSA) is 26.0 Å². The Morgan fingerprint density at radius 3 is 2.00 bits per heavy atom. The van der Waals surface area contributed by atoms with Crippen molar-refractivity contribution in [3.63, 3.8) is 0 Å². The minimum absolute atomic E-state index is 0.147. The van der Waals surface area contributed by atoms with Gasteiger partial charge in [-0.1, -0.05) is 34.8 Å². The Morgan fingerprint density at radius 2 is 1.60 bits per heavy atom. The van der Waals surface area contributed by atoms with E-state index in [0.29, 0.717) is 0 Å². The van der Waals surface area contributed by atoms with Crippen molar-refractivity contribution in [1.29, 1.82) is 0 Å². The molecule has 0 heterocycles. The maximum atomic E-state index is 13.5. The van der Waals surface area contributed by atoms with E-state index in [9.17, 15) is 8.78 Å². The number of halogens is 5. The first kappa shape index (κ1) is 13.0. The highest BCUT2D eigenvalue weighted by atomic mass is 35.5. The van der Waals surface area contributed by atoms with Crippen molar-refractivity contribution in [2.24, 2.45) is 5.73 Å². The van der Waals surface area contributed by atoms with Gasteiger partial charge in [-0.3, -0.25) is 0 Å². The first-order valence-corrected chi connectivity index (χ1v) is 5.25. The number of nitrogens with two attached hydrogens (primary N) is 1. The van der Waals surface area contributed by atoms with Gasteiger partial charge in [-0.2, -0.15) is 0 Å². The standard InChI is InChI=1S/C9H8Cl3F2N/c10-5-3-6(11)8(7(12)4-5)9(13,14)1-2-15/h3-4H,1-2,15H2. The molecule has 1 aromatic rings. The highest BCUT2D eigenvalue weighted by Gasteiger charge is 2.35. The Bertz CT molecular complexity index is 345. The lowest BCUT2D eigenvalue weighted by Gasteiger charge is -2.18. The summed E-state index contributed by atoms with van der Waals surface area (Å²) in [7, 11) is 0. The molecule has 0 fully saturated rings. The number of rotatable bonds is 3. The molecule has 0 aliphatic rings. The summed E-state index contributed by atoms with van der Waals surface area (Å²) in [6, 6.07) is 2.46. The molecule has 0 radical (unpaired) electrons. The van der Waals surface area contributed by atoms with Crippen LogP contribution >= 0.6 is 34.8 Å². The van der Waals surface area contributed by atoms with Crippen molar-refractivity contribution in [1.82, 2.24) is 0 Å². The summed E-state index contributed by atoms with van der Waals surface area (Å²) < 4.78 is 27.0. The lowest BCUT2D eigenvalue weighted by atomic mass is 10.1. The molecule has 1 aromatic carbocycles. The van der Waals surface area contributed by atoms with Crippen LogP contribution in [-0.2, 0) is 5.92 Å². The molecule has 0 spiro atoms. The third-order valence-electron chi connectivity index (χ3n) is 1.83. The molecular weight excluding hydrogens is 266 g/mol. The molecule has 0 saturated heterocycles. The minimum atomic E-state index is -3.13. The van der Waals surface area contributed by atoms with Crippen molar-refractivity contribution < 1.29 is 8.78 Å². The zero-order valence-corrected chi connectivity index (χ0v) is 9.80. The van der Waals surface area contributed by atoms with Crippen LogP contribution < -0.4 is 5.73 Å². The van der Waals surface area contributed by atoms with Crippen molar-refractivity contribution in [3.05, 3.63) is 32.8 Å². The quantitative estimate of drug-likeness (QED) is 0.883.